The van der Waals surface area contributed by atoms with E-state index in [4.69, 9.17) is 4.74 Å². The van der Waals surface area contributed by atoms with Gasteiger partial charge in [-0.2, -0.15) is 0 Å². The van der Waals surface area contributed by atoms with Gasteiger partial charge in [0.25, 0.3) is 0 Å². The van der Waals surface area contributed by atoms with Crippen molar-refractivity contribution < 1.29 is 4.74 Å². The van der Waals surface area contributed by atoms with E-state index in [1.165, 1.54) is 34.1 Å². The average molecular weight is 258 g/mol. The molecular weight excluding hydrogens is 236 g/mol. The molecule has 1 saturated heterocycles. The van der Waals surface area contributed by atoms with Crippen LogP contribution in [0.15, 0.2) is 12.1 Å². The number of ether oxygens (including phenoxy) is 1. The highest BCUT2D eigenvalue weighted by atomic mass is 16.5. The van der Waals surface area contributed by atoms with Gasteiger partial charge in [-0.15, -0.1) is 0 Å². The zero-order valence-electron chi connectivity index (χ0n) is 12.2. The van der Waals surface area contributed by atoms with Crippen LogP contribution < -0.4 is 10.1 Å². The first-order valence-electron chi connectivity index (χ1n) is 6.97. The Balaban J connectivity index is 2.26. The average Bonchev–Trinajstić information content (AvgIpc) is 2.98. The highest BCUT2D eigenvalue weighted by molar-refractivity contribution is 5.89. The topological polar surface area (TPSA) is 26.2 Å². The van der Waals surface area contributed by atoms with Gasteiger partial charge in [-0.25, -0.2) is 0 Å². The second-order valence-electron chi connectivity index (χ2n) is 5.60. The number of nitrogens with zero attached hydrogens (tertiary/aromatic N) is 1. The Morgan fingerprint density at radius 1 is 1.32 bits per heavy atom. The number of aryl methyl sites for hydroxylation is 3. The molecule has 3 rings (SSSR count). The van der Waals surface area contributed by atoms with Crippen LogP contribution in [0.5, 0.6) is 5.75 Å². The predicted molar refractivity (Wildman–Crippen MR) is 79.2 cm³/mol. The summed E-state index contributed by atoms with van der Waals surface area (Å²) in [4.78, 5) is 0. The highest BCUT2D eigenvalue weighted by Crippen LogP contribution is 2.36. The maximum absolute atomic E-state index is 5.41. The number of rotatable bonds is 2. The third kappa shape index (κ3) is 1.84. The number of fused-ring (bicyclic) bond motifs is 1. The van der Waals surface area contributed by atoms with Crippen LogP contribution in [0.3, 0.4) is 0 Å². The maximum atomic E-state index is 5.41. The molecule has 1 atom stereocenters. The van der Waals surface area contributed by atoms with Crippen molar-refractivity contribution in [3.8, 4) is 5.75 Å². The molecule has 0 spiro atoms. The molecule has 0 saturated carbocycles. The van der Waals surface area contributed by atoms with Crippen LogP contribution in [0.1, 0.15) is 29.2 Å². The van der Waals surface area contributed by atoms with Crippen molar-refractivity contribution in [1.82, 2.24) is 9.88 Å². The minimum absolute atomic E-state index is 0.641. The first-order valence-corrected chi connectivity index (χ1v) is 6.97. The van der Waals surface area contributed by atoms with Crippen LogP contribution in [-0.2, 0) is 7.05 Å². The summed E-state index contributed by atoms with van der Waals surface area (Å²) < 4.78 is 7.80. The van der Waals surface area contributed by atoms with Gasteiger partial charge < -0.3 is 14.6 Å². The Morgan fingerprint density at radius 3 is 2.74 bits per heavy atom. The van der Waals surface area contributed by atoms with E-state index in [2.05, 4.69) is 42.9 Å². The molecule has 1 fully saturated rings. The van der Waals surface area contributed by atoms with E-state index < -0.39 is 0 Å². The molecule has 1 aliphatic heterocycles. The molecular formula is C16H22N2O. The van der Waals surface area contributed by atoms with Crippen molar-refractivity contribution in [2.24, 2.45) is 7.05 Å². The molecule has 1 aromatic carbocycles. The van der Waals surface area contributed by atoms with E-state index in [9.17, 15) is 0 Å². The molecule has 2 aromatic rings. The smallest absolute Gasteiger partial charge is 0.119 e. The van der Waals surface area contributed by atoms with E-state index in [-0.39, 0.29) is 0 Å². The minimum atomic E-state index is 0.641. The van der Waals surface area contributed by atoms with Gasteiger partial charge in [-0.1, -0.05) is 0 Å². The fourth-order valence-corrected chi connectivity index (χ4v) is 3.57. The van der Waals surface area contributed by atoms with E-state index in [0.29, 0.717) is 5.92 Å². The van der Waals surface area contributed by atoms with E-state index in [1.807, 2.05) is 0 Å². The Bertz CT molecular complexity index is 621. The lowest BCUT2D eigenvalue weighted by Gasteiger charge is -2.12. The Morgan fingerprint density at radius 2 is 2.11 bits per heavy atom. The number of hydrogen-bond acceptors (Lipinski definition) is 2. The monoisotopic (exact) mass is 258 g/mol. The minimum Gasteiger partial charge on any atom is -0.497 e. The largest absolute Gasteiger partial charge is 0.497 e. The summed E-state index contributed by atoms with van der Waals surface area (Å²) in [7, 11) is 3.93. The maximum Gasteiger partial charge on any atom is 0.119 e. The van der Waals surface area contributed by atoms with Gasteiger partial charge in [0.15, 0.2) is 0 Å². The van der Waals surface area contributed by atoms with Gasteiger partial charge in [0, 0.05) is 30.6 Å². The number of aromatic nitrogens is 1. The summed E-state index contributed by atoms with van der Waals surface area (Å²) in [5.74, 6) is 1.59. The molecule has 1 unspecified atom stereocenters. The first-order chi connectivity index (χ1) is 9.13. The number of benzene rings is 1. The molecule has 1 aromatic heterocycles. The molecule has 0 bridgehead atoms. The first kappa shape index (κ1) is 12.5. The van der Waals surface area contributed by atoms with Gasteiger partial charge in [0.1, 0.15) is 5.75 Å². The highest BCUT2D eigenvalue weighted by Gasteiger charge is 2.24. The zero-order valence-corrected chi connectivity index (χ0v) is 12.2. The van der Waals surface area contributed by atoms with Crippen molar-refractivity contribution in [3.05, 3.63) is 29.0 Å². The van der Waals surface area contributed by atoms with Crippen molar-refractivity contribution in [2.45, 2.75) is 26.2 Å². The van der Waals surface area contributed by atoms with Crippen LogP contribution in [0.2, 0.25) is 0 Å². The molecule has 0 aliphatic carbocycles. The molecule has 1 N–H and O–H groups in total. The summed E-state index contributed by atoms with van der Waals surface area (Å²) in [5.41, 5.74) is 5.53. The van der Waals surface area contributed by atoms with Crippen molar-refractivity contribution in [1.29, 1.82) is 0 Å². The van der Waals surface area contributed by atoms with Crippen molar-refractivity contribution in [2.75, 3.05) is 20.2 Å². The van der Waals surface area contributed by atoms with Crippen LogP contribution in [0.4, 0.5) is 0 Å². The van der Waals surface area contributed by atoms with Gasteiger partial charge in [0.05, 0.1) is 12.6 Å². The Labute approximate surface area is 114 Å². The quantitative estimate of drug-likeness (QED) is 0.896. The molecule has 0 amide bonds. The predicted octanol–water partition coefficient (Wildman–Crippen LogP) is 2.88. The lowest BCUT2D eigenvalue weighted by Crippen LogP contribution is -2.11. The van der Waals surface area contributed by atoms with E-state index in [0.717, 1.165) is 18.8 Å². The molecule has 102 valence electrons. The number of methoxy groups -OCH3 is 1. The number of hydrogen-bond donors (Lipinski definition) is 1. The van der Waals surface area contributed by atoms with Gasteiger partial charge in [0.2, 0.25) is 0 Å². The fourth-order valence-electron chi connectivity index (χ4n) is 3.57. The molecule has 2 heterocycles. The lowest BCUT2D eigenvalue weighted by molar-refractivity contribution is 0.415. The van der Waals surface area contributed by atoms with Gasteiger partial charge >= 0.3 is 0 Å². The molecule has 1 aliphatic rings. The summed E-state index contributed by atoms with van der Waals surface area (Å²) >= 11 is 0. The van der Waals surface area contributed by atoms with Gasteiger partial charge in [-0.3, -0.25) is 0 Å². The van der Waals surface area contributed by atoms with E-state index >= 15 is 0 Å². The number of nitrogens with one attached hydrogen (secondary N) is 1. The normalized spacial score (nSPS) is 19.3. The van der Waals surface area contributed by atoms with Gasteiger partial charge in [-0.05, 0) is 50.1 Å². The van der Waals surface area contributed by atoms with Crippen molar-refractivity contribution in [3.63, 3.8) is 0 Å². The lowest BCUT2D eigenvalue weighted by atomic mass is 10.00. The Kier molecular flexibility index (Phi) is 3.02. The van der Waals surface area contributed by atoms with Crippen molar-refractivity contribution >= 4 is 10.9 Å². The SMILES string of the molecule is COc1cc(C)c2c(c1)c(C)c(C1CCNC1)n2C. The van der Waals surface area contributed by atoms with Crippen LogP contribution in [0, 0.1) is 13.8 Å². The third-order valence-electron chi connectivity index (χ3n) is 4.44. The summed E-state index contributed by atoms with van der Waals surface area (Å²) in [6, 6.07) is 4.29. The van der Waals surface area contributed by atoms with Crippen LogP contribution in [0.25, 0.3) is 10.9 Å². The second kappa shape index (κ2) is 4.57. The Hall–Kier alpha value is -1.48. The van der Waals surface area contributed by atoms with Crippen LogP contribution in [-0.4, -0.2) is 24.8 Å². The fraction of sp³-hybridized carbons (Fsp3) is 0.500. The molecule has 3 heteroatoms. The molecule has 3 nitrogen and oxygen atoms in total. The molecule has 19 heavy (non-hydrogen) atoms. The standard InChI is InChI=1S/C16H22N2O/c1-10-7-13(19-4)8-14-11(2)16(18(3)15(10)14)12-5-6-17-9-12/h7-8,12,17H,5-6,9H2,1-4H3. The van der Waals surface area contributed by atoms with Crippen LogP contribution >= 0.6 is 0 Å². The second-order valence-corrected chi connectivity index (χ2v) is 5.60. The van der Waals surface area contributed by atoms with E-state index in [1.54, 1.807) is 7.11 Å². The summed E-state index contributed by atoms with van der Waals surface area (Å²) in [6.45, 7) is 6.64. The summed E-state index contributed by atoms with van der Waals surface area (Å²) in [6.07, 6.45) is 1.24. The third-order valence-corrected chi connectivity index (χ3v) is 4.44. The molecule has 0 radical (unpaired) electrons. The zero-order chi connectivity index (χ0) is 13.6. The summed E-state index contributed by atoms with van der Waals surface area (Å²) in [5, 5.41) is 4.80.